The van der Waals surface area contributed by atoms with E-state index in [9.17, 15) is 14.4 Å². The van der Waals surface area contributed by atoms with Crippen molar-refractivity contribution in [3.05, 3.63) is 63.1 Å². The van der Waals surface area contributed by atoms with Gasteiger partial charge in [0.1, 0.15) is 17.4 Å². The quantitative estimate of drug-likeness (QED) is 0.609. The second kappa shape index (κ2) is 10.5. The Hall–Kier alpha value is -3.13. The Balaban J connectivity index is 1.40. The fourth-order valence-corrected chi connectivity index (χ4v) is 5.94. The van der Waals surface area contributed by atoms with E-state index in [2.05, 4.69) is 17.0 Å². The van der Waals surface area contributed by atoms with Crippen molar-refractivity contribution in [3.63, 3.8) is 0 Å². The van der Waals surface area contributed by atoms with Crippen molar-refractivity contribution in [2.24, 2.45) is 0 Å². The lowest BCUT2D eigenvalue weighted by Crippen LogP contribution is -2.48. The molecule has 1 amide bonds. The van der Waals surface area contributed by atoms with Gasteiger partial charge < -0.3 is 18.9 Å². The number of likely N-dealkylation sites (tertiary alicyclic amines) is 1. The molecule has 8 nitrogen and oxygen atoms in total. The fourth-order valence-electron chi connectivity index (χ4n) is 5.94. The van der Waals surface area contributed by atoms with Gasteiger partial charge in [0.05, 0.1) is 13.2 Å². The summed E-state index contributed by atoms with van der Waals surface area (Å²) in [6, 6.07) is 9.47. The molecular formula is C28H35N3O5. The smallest absolute Gasteiger partial charge is 0.343 e. The minimum atomic E-state index is -0.521. The monoisotopic (exact) mass is 493 g/mol. The number of benzene rings is 1. The van der Waals surface area contributed by atoms with Gasteiger partial charge in [-0.25, -0.2) is 4.79 Å². The van der Waals surface area contributed by atoms with Crippen LogP contribution in [0, 0.1) is 0 Å². The molecule has 8 heteroatoms. The summed E-state index contributed by atoms with van der Waals surface area (Å²) in [5.74, 6) is -0.133. The van der Waals surface area contributed by atoms with Gasteiger partial charge in [-0.1, -0.05) is 37.1 Å². The van der Waals surface area contributed by atoms with Crippen molar-refractivity contribution in [2.75, 3.05) is 33.8 Å². The van der Waals surface area contributed by atoms with Crippen molar-refractivity contribution < 1.29 is 19.1 Å². The number of amides is 1. The number of pyridine rings is 1. The number of hydrogen-bond donors (Lipinski definition) is 0. The van der Waals surface area contributed by atoms with Gasteiger partial charge in [-0.2, -0.15) is 0 Å². The highest BCUT2D eigenvalue weighted by atomic mass is 16.5. The molecule has 2 aromatic rings. The maximum Gasteiger partial charge on any atom is 0.343 e. The number of methoxy groups -OCH3 is 1. The van der Waals surface area contributed by atoms with Gasteiger partial charge in [0.2, 0.25) is 5.91 Å². The van der Waals surface area contributed by atoms with Crippen LogP contribution in [-0.4, -0.2) is 72.2 Å². The number of aromatic nitrogens is 1. The number of fused-ring (bicyclic) bond motifs is 2. The SMILES string of the molecule is COC(=O)c1c(OC2Cc3ccccc3C2)cc(=O)n2c1CCN(C(=O)C1CCCCCN1C)CC2. The highest BCUT2D eigenvalue weighted by Crippen LogP contribution is 2.30. The van der Waals surface area contributed by atoms with Crippen molar-refractivity contribution in [3.8, 4) is 5.75 Å². The topological polar surface area (TPSA) is 81.1 Å². The molecule has 0 radical (unpaired) electrons. The zero-order valence-electron chi connectivity index (χ0n) is 21.2. The third-order valence-corrected chi connectivity index (χ3v) is 7.91. The summed E-state index contributed by atoms with van der Waals surface area (Å²) in [5, 5.41) is 0. The first-order valence-electron chi connectivity index (χ1n) is 13.0. The third kappa shape index (κ3) is 4.78. The maximum absolute atomic E-state index is 13.5. The van der Waals surface area contributed by atoms with Crippen molar-refractivity contribution in [1.29, 1.82) is 0 Å². The van der Waals surface area contributed by atoms with E-state index in [1.54, 1.807) is 4.57 Å². The fraction of sp³-hybridized carbons (Fsp3) is 0.536. The zero-order chi connectivity index (χ0) is 25.2. The number of carbonyl (C=O) groups excluding carboxylic acids is 2. The predicted octanol–water partition coefficient (Wildman–Crippen LogP) is 2.44. The summed E-state index contributed by atoms with van der Waals surface area (Å²) in [6.07, 6.45) is 5.86. The van der Waals surface area contributed by atoms with Crippen LogP contribution in [0.5, 0.6) is 5.75 Å². The van der Waals surface area contributed by atoms with E-state index >= 15 is 0 Å². The van der Waals surface area contributed by atoms with Crippen LogP contribution in [0.1, 0.15) is 52.9 Å². The average molecular weight is 494 g/mol. The Kier molecular flexibility index (Phi) is 7.14. The highest BCUT2D eigenvalue weighted by molar-refractivity contribution is 5.93. The lowest BCUT2D eigenvalue weighted by atomic mass is 10.1. The van der Waals surface area contributed by atoms with E-state index in [0.717, 1.165) is 45.1 Å². The van der Waals surface area contributed by atoms with Gasteiger partial charge in [0, 0.05) is 50.7 Å². The molecule has 0 spiro atoms. The normalized spacial score (nSPS) is 20.7. The minimum Gasteiger partial charge on any atom is -0.489 e. The molecular weight excluding hydrogens is 458 g/mol. The summed E-state index contributed by atoms with van der Waals surface area (Å²) >= 11 is 0. The molecule has 0 N–H and O–H groups in total. The Morgan fingerprint density at radius 2 is 1.72 bits per heavy atom. The van der Waals surface area contributed by atoms with E-state index < -0.39 is 5.97 Å². The van der Waals surface area contributed by atoms with E-state index in [4.69, 9.17) is 9.47 Å². The number of rotatable bonds is 4. The number of esters is 1. The van der Waals surface area contributed by atoms with E-state index in [1.807, 2.05) is 24.1 Å². The molecule has 36 heavy (non-hydrogen) atoms. The van der Waals surface area contributed by atoms with Gasteiger partial charge >= 0.3 is 5.97 Å². The van der Waals surface area contributed by atoms with Crippen LogP contribution in [0.25, 0.3) is 0 Å². The van der Waals surface area contributed by atoms with Gasteiger partial charge in [0.25, 0.3) is 5.56 Å². The number of hydrogen-bond acceptors (Lipinski definition) is 6. The van der Waals surface area contributed by atoms with Crippen LogP contribution in [0.3, 0.4) is 0 Å². The molecule has 3 heterocycles. The first-order valence-corrected chi connectivity index (χ1v) is 13.0. The van der Waals surface area contributed by atoms with Gasteiger partial charge in [-0.15, -0.1) is 0 Å². The molecule has 0 saturated carbocycles. The molecule has 5 rings (SSSR count). The van der Waals surface area contributed by atoms with Gasteiger partial charge in [0.15, 0.2) is 0 Å². The van der Waals surface area contributed by atoms with E-state index in [-0.39, 0.29) is 29.4 Å². The molecule has 1 aromatic heterocycles. The standard InChI is InChI=1S/C28H35N3O5/c1-29-12-7-3-4-10-23(29)27(33)30-13-11-22-26(28(34)35-2)24(18-25(32)31(22)15-14-30)36-21-16-19-8-5-6-9-20(19)17-21/h5-6,8-9,18,21,23H,3-4,7,10-17H2,1-2H3. The summed E-state index contributed by atoms with van der Waals surface area (Å²) in [5.41, 5.74) is 3.12. The molecule has 1 aromatic carbocycles. The van der Waals surface area contributed by atoms with Gasteiger partial charge in [-0.05, 0) is 37.6 Å². The molecule has 3 aliphatic rings. The first-order chi connectivity index (χ1) is 17.5. The lowest BCUT2D eigenvalue weighted by Gasteiger charge is -2.30. The summed E-state index contributed by atoms with van der Waals surface area (Å²) < 4.78 is 13.0. The first kappa shape index (κ1) is 24.6. The Bertz CT molecular complexity index is 1180. The van der Waals surface area contributed by atoms with Crippen molar-refractivity contribution in [2.45, 2.75) is 63.6 Å². The van der Waals surface area contributed by atoms with Crippen LogP contribution >= 0.6 is 0 Å². The van der Waals surface area contributed by atoms with Crippen molar-refractivity contribution in [1.82, 2.24) is 14.4 Å². The highest BCUT2D eigenvalue weighted by Gasteiger charge is 2.33. The van der Waals surface area contributed by atoms with Crippen LogP contribution < -0.4 is 10.3 Å². The van der Waals surface area contributed by atoms with Crippen LogP contribution in [-0.2, 0) is 35.3 Å². The number of nitrogens with zero attached hydrogens (tertiary/aromatic N) is 3. The molecule has 1 unspecified atom stereocenters. The molecule has 1 aliphatic carbocycles. The van der Waals surface area contributed by atoms with E-state index in [0.29, 0.717) is 37.3 Å². The average Bonchev–Trinajstić information content (AvgIpc) is 3.00. The molecule has 2 aliphatic heterocycles. The van der Waals surface area contributed by atoms with E-state index in [1.165, 1.54) is 24.3 Å². The van der Waals surface area contributed by atoms with Gasteiger partial charge in [-0.3, -0.25) is 14.5 Å². The summed E-state index contributed by atoms with van der Waals surface area (Å²) in [4.78, 5) is 43.6. The second-order valence-corrected chi connectivity index (χ2v) is 10.1. The van der Waals surface area contributed by atoms with Crippen LogP contribution in [0.4, 0.5) is 0 Å². The lowest BCUT2D eigenvalue weighted by molar-refractivity contribution is -0.136. The maximum atomic E-state index is 13.5. The predicted molar refractivity (Wildman–Crippen MR) is 135 cm³/mol. The minimum absolute atomic E-state index is 0.111. The third-order valence-electron chi connectivity index (χ3n) is 7.91. The summed E-state index contributed by atoms with van der Waals surface area (Å²) in [6.45, 7) is 2.15. The Morgan fingerprint density at radius 1 is 0.972 bits per heavy atom. The molecule has 1 fully saturated rings. The molecule has 1 atom stereocenters. The van der Waals surface area contributed by atoms with Crippen LogP contribution in [0.15, 0.2) is 35.1 Å². The van der Waals surface area contributed by atoms with Crippen molar-refractivity contribution >= 4 is 11.9 Å². The number of ether oxygens (including phenoxy) is 2. The molecule has 1 saturated heterocycles. The zero-order valence-corrected chi connectivity index (χ0v) is 21.2. The molecule has 0 bridgehead atoms. The van der Waals surface area contributed by atoms with Crippen LogP contribution in [0.2, 0.25) is 0 Å². The Morgan fingerprint density at radius 3 is 2.44 bits per heavy atom. The largest absolute Gasteiger partial charge is 0.489 e. The summed E-state index contributed by atoms with van der Waals surface area (Å²) in [7, 11) is 3.36. The number of carbonyl (C=O) groups is 2. The Labute approximate surface area is 211 Å². The second-order valence-electron chi connectivity index (χ2n) is 10.1. The molecule has 192 valence electrons. The number of likely N-dealkylation sites (N-methyl/N-ethyl adjacent to an activating group) is 1.